The van der Waals surface area contributed by atoms with Gasteiger partial charge in [0.2, 0.25) is 7.29 Å². The van der Waals surface area contributed by atoms with E-state index in [1.165, 1.54) is 0 Å². The van der Waals surface area contributed by atoms with E-state index in [-0.39, 0.29) is 0 Å². The fourth-order valence-corrected chi connectivity index (χ4v) is 8.12. The molecule has 0 amide bonds. The van der Waals surface area contributed by atoms with Crippen LogP contribution < -0.4 is 9.80 Å². The molecule has 39 heavy (non-hydrogen) atoms. The summed E-state index contributed by atoms with van der Waals surface area (Å²) >= 11 is 1.64. The number of nitrogens with zero attached hydrogens (tertiary/aromatic N) is 3. The molecule has 4 aromatic rings. The number of hydrogen-bond donors (Lipinski definition) is 0. The summed E-state index contributed by atoms with van der Waals surface area (Å²) < 4.78 is 19.8. The zero-order valence-corrected chi connectivity index (χ0v) is 24.4. The van der Waals surface area contributed by atoms with Crippen LogP contribution in [0.1, 0.15) is 22.3 Å². The molecule has 0 aliphatic carbocycles. The van der Waals surface area contributed by atoms with E-state index < -0.39 is 7.29 Å². The normalized spacial score (nSPS) is 14.2. The van der Waals surface area contributed by atoms with Crippen LogP contribution in [0.2, 0.25) is 0 Å². The third kappa shape index (κ3) is 6.27. The molecule has 0 unspecified atom stereocenters. The Morgan fingerprint density at radius 1 is 0.590 bits per heavy atom. The second kappa shape index (κ2) is 11.5. The molecule has 0 fully saturated rings. The molecular formula is C33H32N3OPS. The van der Waals surface area contributed by atoms with Crippen molar-refractivity contribution in [2.75, 3.05) is 38.0 Å². The lowest BCUT2D eigenvalue weighted by molar-refractivity contribution is 0.587. The van der Waals surface area contributed by atoms with Crippen LogP contribution in [0.15, 0.2) is 126 Å². The minimum absolute atomic E-state index is 0.716. The predicted octanol–water partition coefficient (Wildman–Crippen LogP) is 8.68. The lowest BCUT2D eigenvalue weighted by Gasteiger charge is -2.21. The highest BCUT2D eigenvalue weighted by atomic mass is 32.2. The smallest absolute Gasteiger partial charge is 0.236 e. The first-order valence-corrected chi connectivity index (χ1v) is 15.4. The summed E-state index contributed by atoms with van der Waals surface area (Å²) in [6.45, 7) is 0. The molecule has 0 spiro atoms. The van der Waals surface area contributed by atoms with Gasteiger partial charge in [-0.15, -0.1) is 0 Å². The Kier molecular flexibility index (Phi) is 7.92. The Bertz CT molecular complexity index is 1460. The minimum Gasteiger partial charge on any atom is -0.378 e. The largest absolute Gasteiger partial charge is 0.378 e. The van der Waals surface area contributed by atoms with Gasteiger partial charge < -0.3 is 9.80 Å². The molecule has 0 saturated carbocycles. The van der Waals surface area contributed by atoms with Crippen molar-refractivity contribution in [3.05, 3.63) is 143 Å². The Labute approximate surface area is 235 Å². The third-order valence-electron chi connectivity index (χ3n) is 6.51. The standard InChI is InChI=1S/C33H32N3OPS/c1-35(2)29-19-15-27(16-20-29)33(28-17-21-30(22-18-28)36(3)4)34-38(37)23-31(25-11-7-5-8-12-25)39-32(24-38)26-13-9-6-10-14-26/h5-24H,1-4H3. The zero-order valence-electron chi connectivity index (χ0n) is 22.7. The van der Waals surface area contributed by atoms with Gasteiger partial charge in [-0.25, -0.2) is 4.76 Å². The van der Waals surface area contributed by atoms with Gasteiger partial charge in [0.1, 0.15) is 0 Å². The quantitative estimate of drug-likeness (QED) is 0.171. The van der Waals surface area contributed by atoms with E-state index in [1.807, 2.05) is 76.2 Å². The average molecular weight is 550 g/mol. The number of thioether (sulfide) groups is 1. The van der Waals surface area contributed by atoms with Crippen molar-refractivity contribution >= 4 is 46.0 Å². The van der Waals surface area contributed by atoms with E-state index >= 15 is 0 Å². The highest BCUT2D eigenvalue weighted by molar-refractivity contribution is 8.17. The molecule has 0 N–H and O–H groups in total. The van der Waals surface area contributed by atoms with Crippen LogP contribution in [0, 0.1) is 0 Å². The Morgan fingerprint density at radius 2 is 0.974 bits per heavy atom. The molecule has 1 aliphatic rings. The lowest BCUT2D eigenvalue weighted by Crippen LogP contribution is -2.10. The fourth-order valence-electron chi connectivity index (χ4n) is 4.35. The maximum atomic E-state index is 14.7. The maximum absolute atomic E-state index is 14.7. The van der Waals surface area contributed by atoms with Gasteiger partial charge in [0.15, 0.2) is 0 Å². The number of hydrogen-bond acceptors (Lipinski definition) is 4. The first-order chi connectivity index (χ1) is 18.8. The lowest BCUT2D eigenvalue weighted by atomic mass is 10.0. The molecule has 4 aromatic carbocycles. The second-order valence-electron chi connectivity index (χ2n) is 9.82. The Balaban J connectivity index is 1.69. The highest BCUT2D eigenvalue weighted by Gasteiger charge is 2.27. The van der Waals surface area contributed by atoms with Crippen molar-refractivity contribution in [2.45, 2.75) is 0 Å². The topological polar surface area (TPSA) is 35.9 Å². The molecule has 0 saturated heterocycles. The molecule has 4 nitrogen and oxygen atoms in total. The second-order valence-corrected chi connectivity index (χ2v) is 13.0. The average Bonchev–Trinajstić information content (AvgIpc) is 2.97. The molecule has 0 bridgehead atoms. The minimum atomic E-state index is -3.28. The summed E-state index contributed by atoms with van der Waals surface area (Å²) in [5.41, 5.74) is 6.83. The van der Waals surface area contributed by atoms with Crippen LogP contribution in [0.4, 0.5) is 11.4 Å². The number of benzene rings is 4. The van der Waals surface area contributed by atoms with Gasteiger partial charge in [0.05, 0.1) is 5.71 Å². The predicted molar refractivity (Wildman–Crippen MR) is 171 cm³/mol. The molecule has 0 aromatic heterocycles. The first kappa shape index (κ1) is 26.8. The van der Waals surface area contributed by atoms with Gasteiger partial charge in [-0.05, 0) is 35.4 Å². The van der Waals surface area contributed by atoms with Crippen molar-refractivity contribution in [3.63, 3.8) is 0 Å². The van der Waals surface area contributed by atoms with Gasteiger partial charge in [-0.2, -0.15) is 0 Å². The van der Waals surface area contributed by atoms with Crippen LogP contribution in [0.3, 0.4) is 0 Å². The molecule has 5 rings (SSSR count). The molecule has 1 aliphatic heterocycles. The van der Waals surface area contributed by atoms with Gasteiger partial charge in [0, 0.05) is 72.1 Å². The van der Waals surface area contributed by atoms with Gasteiger partial charge >= 0.3 is 0 Å². The van der Waals surface area contributed by atoms with Gasteiger partial charge in [-0.1, -0.05) is 96.7 Å². The monoisotopic (exact) mass is 549 g/mol. The van der Waals surface area contributed by atoms with Crippen molar-refractivity contribution in [1.82, 2.24) is 0 Å². The molecule has 0 atom stereocenters. The van der Waals surface area contributed by atoms with Crippen molar-refractivity contribution in [3.8, 4) is 0 Å². The van der Waals surface area contributed by atoms with Gasteiger partial charge in [-0.3, -0.25) is 4.57 Å². The van der Waals surface area contributed by atoms with Crippen LogP contribution >= 0.6 is 19.1 Å². The molecule has 0 radical (unpaired) electrons. The number of rotatable bonds is 7. The van der Waals surface area contributed by atoms with Crippen LogP contribution in [-0.4, -0.2) is 33.9 Å². The Hall–Kier alpha value is -3.79. The van der Waals surface area contributed by atoms with E-state index in [0.29, 0.717) is 5.71 Å². The van der Waals surface area contributed by atoms with Gasteiger partial charge in [0.25, 0.3) is 0 Å². The summed E-state index contributed by atoms with van der Waals surface area (Å²) in [7, 11) is 4.80. The summed E-state index contributed by atoms with van der Waals surface area (Å²) in [6, 6.07) is 36.8. The Morgan fingerprint density at radius 3 is 1.33 bits per heavy atom. The zero-order chi connectivity index (χ0) is 27.4. The van der Waals surface area contributed by atoms with E-state index in [1.54, 1.807) is 11.8 Å². The summed E-state index contributed by atoms with van der Waals surface area (Å²) in [5, 5.41) is 0. The van der Waals surface area contributed by atoms with Crippen molar-refractivity contribution < 1.29 is 4.57 Å². The van der Waals surface area contributed by atoms with Crippen LogP contribution in [0.5, 0.6) is 0 Å². The van der Waals surface area contributed by atoms with E-state index in [0.717, 1.165) is 43.4 Å². The third-order valence-corrected chi connectivity index (χ3v) is 9.78. The molecule has 196 valence electrons. The molecule has 1 heterocycles. The SMILES string of the molecule is CN(C)c1ccc(C(=NP2(=O)C=C(c3ccccc3)SC(c3ccccc3)=C2)c2ccc(N(C)C)cc2)cc1. The highest BCUT2D eigenvalue weighted by Crippen LogP contribution is 2.62. The number of anilines is 2. The van der Waals surface area contributed by atoms with Crippen molar-refractivity contribution in [1.29, 1.82) is 0 Å². The summed E-state index contributed by atoms with van der Waals surface area (Å²) in [5.74, 6) is 3.73. The maximum Gasteiger partial charge on any atom is 0.236 e. The van der Waals surface area contributed by atoms with Crippen LogP contribution in [0.25, 0.3) is 9.81 Å². The molecule has 6 heteroatoms. The summed E-state index contributed by atoms with van der Waals surface area (Å²) in [4.78, 5) is 6.04. The van der Waals surface area contributed by atoms with Crippen LogP contribution in [-0.2, 0) is 4.57 Å². The fraction of sp³-hybridized carbons (Fsp3) is 0.121. The van der Waals surface area contributed by atoms with E-state index in [9.17, 15) is 4.57 Å². The van der Waals surface area contributed by atoms with E-state index in [2.05, 4.69) is 82.6 Å². The first-order valence-electron chi connectivity index (χ1n) is 12.8. The van der Waals surface area contributed by atoms with Crippen molar-refractivity contribution in [2.24, 2.45) is 4.76 Å². The summed E-state index contributed by atoms with van der Waals surface area (Å²) in [6.07, 6.45) is 0. The van der Waals surface area contributed by atoms with E-state index in [4.69, 9.17) is 4.76 Å². The molecular weight excluding hydrogens is 517 g/mol.